The number of morpholine rings is 1. The molecule has 0 spiro atoms. The van der Waals surface area contributed by atoms with E-state index in [2.05, 4.69) is 10.2 Å². The molecule has 7 heteroatoms. The van der Waals surface area contributed by atoms with E-state index in [9.17, 15) is 9.59 Å². The van der Waals surface area contributed by atoms with Crippen molar-refractivity contribution in [1.82, 2.24) is 15.1 Å². The fraction of sp³-hybridized carbons (Fsp3) is 0.545. The van der Waals surface area contributed by atoms with Crippen molar-refractivity contribution in [2.24, 2.45) is 0 Å². The maximum absolute atomic E-state index is 12.3. The molecule has 1 amide bonds. The number of aromatic nitrogens is 2. The third-order valence-corrected chi connectivity index (χ3v) is 2.97. The minimum atomic E-state index is -1.05. The number of aliphatic carboxylic acids is 1. The molecule has 2 rings (SSSR count). The van der Waals surface area contributed by atoms with E-state index in [0.717, 1.165) is 0 Å². The number of hydrogen-bond donors (Lipinski definition) is 2. The lowest BCUT2D eigenvalue weighted by atomic mass is 10.1. The molecule has 98 valence electrons. The third kappa shape index (κ3) is 2.21. The van der Waals surface area contributed by atoms with Gasteiger partial charge in [-0.3, -0.25) is 9.89 Å². The first kappa shape index (κ1) is 12.6. The van der Waals surface area contributed by atoms with Gasteiger partial charge in [0.25, 0.3) is 5.91 Å². The summed E-state index contributed by atoms with van der Waals surface area (Å²) < 4.78 is 5.08. The van der Waals surface area contributed by atoms with Crippen molar-refractivity contribution in [2.75, 3.05) is 19.7 Å². The predicted octanol–water partition coefficient (Wildman–Crippen LogP) is -0.0479. The monoisotopic (exact) mass is 253 g/mol. The number of hydrogen-bond acceptors (Lipinski definition) is 4. The van der Waals surface area contributed by atoms with Crippen LogP contribution >= 0.6 is 0 Å². The van der Waals surface area contributed by atoms with E-state index in [1.165, 1.54) is 4.90 Å². The fourth-order valence-electron chi connectivity index (χ4n) is 2.01. The van der Waals surface area contributed by atoms with Crippen molar-refractivity contribution in [2.45, 2.75) is 20.0 Å². The van der Waals surface area contributed by atoms with Crippen LogP contribution in [0.3, 0.4) is 0 Å². The molecular formula is C11H15N3O4. The van der Waals surface area contributed by atoms with Crippen molar-refractivity contribution in [1.29, 1.82) is 0 Å². The maximum atomic E-state index is 12.3. The molecule has 0 radical (unpaired) electrons. The second-order valence-corrected chi connectivity index (χ2v) is 4.26. The van der Waals surface area contributed by atoms with Crippen LogP contribution in [0, 0.1) is 13.8 Å². The molecule has 1 unspecified atom stereocenters. The number of nitrogens with one attached hydrogen (secondary N) is 1. The summed E-state index contributed by atoms with van der Waals surface area (Å²) in [5.41, 5.74) is 1.83. The van der Waals surface area contributed by atoms with E-state index >= 15 is 0 Å². The van der Waals surface area contributed by atoms with Gasteiger partial charge in [-0.05, 0) is 13.8 Å². The zero-order chi connectivity index (χ0) is 13.3. The molecule has 0 aromatic carbocycles. The minimum absolute atomic E-state index is 0.0677. The van der Waals surface area contributed by atoms with E-state index in [-0.39, 0.29) is 19.1 Å². The van der Waals surface area contributed by atoms with Gasteiger partial charge in [-0.1, -0.05) is 0 Å². The summed E-state index contributed by atoms with van der Waals surface area (Å²) in [6.45, 7) is 4.21. The quantitative estimate of drug-likeness (QED) is 0.770. The number of rotatable bonds is 2. The Morgan fingerprint density at radius 3 is 2.78 bits per heavy atom. The highest BCUT2D eigenvalue weighted by Crippen LogP contribution is 2.15. The normalized spacial score (nSPS) is 19.9. The van der Waals surface area contributed by atoms with E-state index in [4.69, 9.17) is 9.84 Å². The number of carbonyl (C=O) groups is 2. The molecule has 0 aliphatic carbocycles. The van der Waals surface area contributed by atoms with E-state index < -0.39 is 12.1 Å². The molecule has 1 aliphatic rings. The highest BCUT2D eigenvalue weighted by molar-refractivity contribution is 5.96. The van der Waals surface area contributed by atoms with Crippen molar-refractivity contribution >= 4 is 11.9 Å². The summed E-state index contributed by atoms with van der Waals surface area (Å²) in [5.74, 6) is -1.25. The minimum Gasteiger partial charge on any atom is -0.479 e. The Bertz CT molecular complexity index is 463. The van der Waals surface area contributed by atoms with E-state index in [0.29, 0.717) is 23.5 Å². The Hall–Kier alpha value is -1.89. The first-order chi connectivity index (χ1) is 8.50. The van der Waals surface area contributed by atoms with Crippen LogP contribution in [0.15, 0.2) is 0 Å². The van der Waals surface area contributed by atoms with Crippen LogP contribution in [0.1, 0.15) is 21.7 Å². The molecule has 18 heavy (non-hydrogen) atoms. The standard InChI is InChI=1S/C11H15N3O4/c1-6-9(7(2)13-12-6)10(15)14-3-4-18-8(5-14)11(16)17/h8H,3-5H2,1-2H3,(H,12,13)(H,16,17). The molecule has 1 aromatic rings. The van der Waals surface area contributed by atoms with Gasteiger partial charge in [0.2, 0.25) is 0 Å². The van der Waals surface area contributed by atoms with Crippen LogP contribution < -0.4 is 0 Å². The molecule has 7 nitrogen and oxygen atoms in total. The first-order valence-corrected chi connectivity index (χ1v) is 5.66. The first-order valence-electron chi connectivity index (χ1n) is 5.66. The van der Waals surface area contributed by atoms with E-state index in [1.807, 2.05) is 0 Å². The molecule has 0 saturated carbocycles. The zero-order valence-corrected chi connectivity index (χ0v) is 10.3. The summed E-state index contributed by atoms with van der Waals surface area (Å²) in [6.07, 6.45) is -0.949. The molecule has 1 aliphatic heterocycles. The van der Waals surface area contributed by atoms with Crippen LogP contribution in [-0.4, -0.2) is 57.9 Å². The number of carboxylic acids is 1. The van der Waals surface area contributed by atoms with Crippen LogP contribution in [0.4, 0.5) is 0 Å². The predicted molar refractivity (Wildman–Crippen MR) is 61.3 cm³/mol. The van der Waals surface area contributed by atoms with Gasteiger partial charge in [-0.2, -0.15) is 5.10 Å². The second-order valence-electron chi connectivity index (χ2n) is 4.26. The molecule has 1 saturated heterocycles. The lowest BCUT2D eigenvalue weighted by Gasteiger charge is -2.30. The number of carboxylic acid groups (broad SMARTS) is 1. The number of carbonyl (C=O) groups excluding carboxylic acids is 1. The van der Waals surface area contributed by atoms with Gasteiger partial charge in [0.15, 0.2) is 6.10 Å². The lowest BCUT2D eigenvalue weighted by Crippen LogP contribution is -2.48. The smallest absolute Gasteiger partial charge is 0.334 e. The van der Waals surface area contributed by atoms with Crippen molar-refractivity contribution in [3.8, 4) is 0 Å². The van der Waals surface area contributed by atoms with Crippen molar-refractivity contribution < 1.29 is 19.4 Å². The number of ether oxygens (including phenoxy) is 1. The number of aromatic amines is 1. The van der Waals surface area contributed by atoms with E-state index in [1.54, 1.807) is 13.8 Å². The topological polar surface area (TPSA) is 95.5 Å². The van der Waals surface area contributed by atoms with Crippen LogP contribution in [-0.2, 0) is 9.53 Å². The van der Waals surface area contributed by atoms with Crippen LogP contribution in [0.2, 0.25) is 0 Å². The summed E-state index contributed by atoms with van der Waals surface area (Å²) in [4.78, 5) is 24.6. The molecule has 1 aromatic heterocycles. The van der Waals surface area contributed by atoms with Gasteiger partial charge in [0.1, 0.15) is 0 Å². The van der Waals surface area contributed by atoms with Gasteiger partial charge in [-0.15, -0.1) is 0 Å². The van der Waals surface area contributed by atoms with Crippen molar-refractivity contribution in [3.63, 3.8) is 0 Å². The Kier molecular flexibility index (Phi) is 3.33. The second kappa shape index (κ2) is 4.77. The fourth-order valence-corrected chi connectivity index (χ4v) is 2.01. The lowest BCUT2D eigenvalue weighted by molar-refractivity contribution is -0.154. The number of H-pyrrole nitrogens is 1. The summed E-state index contributed by atoms with van der Waals surface area (Å²) >= 11 is 0. The Labute approximate surface area is 104 Å². The van der Waals surface area contributed by atoms with Gasteiger partial charge >= 0.3 is 5.97 Å². The van der Waals surface area contributed by atoms with Crippen LogP contribution in [0.5, 0.6) is 0 Å². The number of amides is 1. The van der Waals surface area contributed by atoms with Gasteiger partial charge in [0, 0.05) is 12.2 Å². The maximum Gasteiger partial charge on any atom is 0.334 e. The van der Waals surface area contributed by atoms with Crippen molar-refractivity contribution in [3.05, 3.63) is 17.0 Å². The van der Waals surface area contributed by atoms with Gasteiger partial charge < -0.3 is 14.7 Å². The molecule has 0 bridgehead atoms. The summed E-state index contributed by atoms with van der Waals surface area (Å²) in [5, 5.41) is 15.6. The average molecular weight is 253 g/mol. The molecule has 2 heterocycles. The molecule has 1 fully saturated rings. The molecular weight excluding hydrogens is 238 g/mol. The third-order valence-electron chi connectivity index (χ3n) is 2.97. The molecule has 1 atom stereocenters. The van der Waals surface area contributed by atoms with Gasteiger partial charge in [0.05, 0.1) is 24.4 Å². The average Bonchev–Trinajstić information content (AvgIpc) is 2.68. The van der Waals surface area contributed by atoms with Crippen LogP contribution in [0.25, 0.3) is 0 Å². The highest BCUT2D eigenvalue weighted by atomic mass is 16.5. The number of aryl methyl sites for hydroxylation is 2. The Morgan fingerprint density at radius 1 is 1.50 bits per heavy atom. The largest absolute Gasteiger partial charge is 0.479 e. The van der Waals surface area contributed by atoms with Gasteiger partial charge in [-0.25, -0.2) is 4.79 Å². The zero-order valence-electron chi connectivity index (χ0n) is 10.3. The highest BCUT2D eigenvalue weighted by Gasteiger charge is 2.31. The SMILES string of the molecule is Cc1n[nH]c(C)c1C(=O)N1CCOC(C(=O)O)C1. The number of nitrogens with zero attached hydrogens (tertiary/aromatic N) is 2. The summed E-state index contributed by atoms with van der Waals surface area (Å²) in [7, 11) is 0. The summed E-state index contributed by atoms with van der Waals surface area (Å²) in [6, 6.07) is 0. The Morgan fingerprint density at radius 2 is 2.22 bits per heavy atom. The molecule has 2 N–H and O–H groups in total. The Balaban J connectivity index is 2.17.